The van der Waals surface area contributed by atoms with E-state index in [1.165, 1.54) is 0 Å². The van der Waals surface area contributed by atoms with Crippen molar-refractivity contribution in [1.82, 2.24) is 4.90 Å². The van der Waals surface area contributed by atoms with Crippen molar-refractivity contribution in [1.29, 1.82) is 0 Å². The monoisotopic (exact) mass is 401 g/mol. The summed E-state index contributed by atoms with van der Waals surface area (Å²) in [6.45, 7) is 4.33. The third-order valence-electron chi connectivity index (χ3n) is 4.74. The van der Waals surface area contributed by atoms with E-state index in [1.807, 2.05) is 44.2 Å². The topological polar surface area (TPSA) is 55.8 Å². The van der Waals surface area contributed by atoms with Gasteiger partial charge in [-0.1, -0.05) is 41.9 Å². The zero-order valence-corrected chi connectivity index (χ0v) is 16.8. The average Bonchev–Trinajstić information content (AvgIpc) is 2.70. The number of ether oxygens (including phenoxy) is 2. The Bertz CT molecular complexity index is 838. The van der Waals surface area contributed by atoms with E-state index in [0.717, 1.165) is 16.9 Å². The van der Waals surface area contributed by atoms with Crippen LogP contribution in [0.3, 0.4) is 0 Å². The first-order valence-corrected chi connectivity index (χ1v) is 9.73. The molecule has 0 unspecified atom stereocenters. The number of carbonyl (C=O) groups excluding carboxylic acids is 2. The van der Waals surface area contributed by atoms with Gasteiger partial charge in [-0.05, 0) is 49.6 Å². The molecule has 0 aromatic heterocycles. The van der Waals surface area contributed by atoms with Crippen LogP contribution in [-0.2, 0) is 27.3 Å². The first-order chi connectivity index (χ1) is 13.4. The zero-order valence-electron chi connectivity index (χ0n) is 16.1. The SMILES string of the molecule is CC(C)N(Cc1ccccc1)C(=O)COC(=O)[C@H]1COc2ccc(Cl)cc2C1. The van der Waals surface area contributed by atoms with Crippen molar-refractivity contribution in [2.45, 2.75) is 32.9 Å². The fourth-order valence-corrected chi connectivity index (χ4v) is 3.38. The highest BCUT2D eigenvalue weighted by atomic mass is 35.5. The second-order valence-electron chi connectivity index (χ2n) is 7.17. The van der Waals surface area contributed by atoms with E-state index >= 15 is 0 Å². The van der Waals surface area contributed by atoms with E-state index in [0.29, 0.717) is 18.0 Å². The van der Waals surface area contributed by atoms with Gasteiger partial charge in [-0.3, -0.25) is 9.59 Å². The van der Waals surface area contributed by atoms with Crippen molar-refractivity contribution < 1.29 is 19.1 Å². The molecule has 1 atom stereocenters. The van der Waals surface area contributed by atoms with Crippen LogP contribution in [0.1, 0.15) is 25.0 Å². The minimum Gasteiger partial charge on any atom is -0.492 e. The number of amides is 1. The summed E-state index contributed by atoms with van der Waals surface area (Å²) in [6.07, 6.45) is 0.487. The van der Waals surface area contributed by atoms with Crippen LogP contribution in [0.5, 0.6) is 5.75 Å². The van der Waals surface area contributed by atoms with Gasteiger partial charge in [0.15, 0.2) is 6.61 Å². The molecule has 1 amide bonds. The van der Waals surface area contributed by atoms with Gasteiger partial charge in [0.25, 0.3) is 5.91 Å². The number of halogens is 1. The van der Waals surface area contributed by atoms with Crippen molar-refractivity contribution in [3.05, 3.63) is 64.7 Å². The second-order valence-corrected chi connectivity index (χ2v) is 7.61. The number of esters is 1. The first-order valence-electron chi connectivity index (χ1n) is 9.35. The normalized spacial score (nSPS) is 15.5. The van der Waals surface area contributed by atoms with Gasteiger partial charge in [-0.25, -0.2) is 0 Å². The Kier molecular flexibility index (Phi) is 6.57. The molecule has 2 aromatic rings. The quantitative estimate of drug-likeness (QED) is 0.689. The summed E-state index contributed by atoms with van der Waals surface area (Å²) >= 11 is 6.02. The zero-order chi connectivity index (χ0) is 20.1. The number of nitrogens with zero attached hydrogens (tertiary/aromatic N) is 1. The fraction of sp³-hybridized carbons (Fsp3) is 0.364. The molecule has 0 bridgehead atoms. The van der Waals surface area contributed by atoms with E-state index in [1.54, 1.807) is 23.1 Å². The Morgan fingerprint density at radius 2 is 1.96 bits per heavy atom. The molecule has 6 heteroatoms. The maximum atomic E-state index is 12.6. The van der Waals surface area contributed by atoms with Crippen LogP contribution in [0, 0.1) is 5.92 Å². The maximum Gasteiger partial charge on any atom is 0.313 e. The van der Waals surface area contributed by atoms with E-state index in [9.17, 15) is 9.59 Å². The van der Waals surface area contributed by atoms with Crippen LogP contribution in [-0.4, -0.2) is 36.0 Å². The van der Waals surface area contributed by atoms with Crippen molar-refractivity contribution in [2.24, 2.45) is 5.92 Å². The van der Waals surface area contributed by atoms with Gasteiger partial charge in [0.1, 0.15) is 12.4 Å². The molecule has 0 saturated carbocycles. The number of hydrogen-bond donors (Lipinski definition) is 0. The summed E-state index contributed by atoms with van der Waals surface area (Å²) in [4.78, 5) is 26.8. The molecule has 0 fully saturated rings. The van der Waals surface area contributed by atoms with Crippen LogP contribution in [0.25, 0.3) is 0 Å². The lowest BCUT2D eigenvalue weighted by molar-refractivity contribution is -0.157. The standard InChI is InChI=1S/C22H24ClNO4/c1-15(2)24(12-16-6-4-3-5-7-16)21(25)14-28-22(26)18-10-17-11-19(23)8-9-20(17)27-13-18/h3-9,11,15,18H,10,12-14H2,1-2H3/t18-/m1/s1. The lowest BCUT2D eigenvalue weighted by Crippen LogP contribution is -2.40. The van der Waals surface area contributed by atoms with Gasteiger partial charge in [0.05, 0.1) is 5.92 Å². The van der Waals surface area contributed by atoms with Gasteiger partial charge in [0, 0.05) is 17.6 Å². The maximum absolute atomic E-state index is 12.6. The molecule has 0 spiro atoms. The number of fused-ring (bicyclic) bond motifs is 1. The molecule has 5 nitrogen and oxygen atoms in total. The summed E-state index contributed by atoms with van der Waals surface area (Å²) in [7, 11) is 0. The summed E-state index contributed by atoms with van der Waals surface area (Å²) < 4.78 is 10.9. The number of benzene rings is 2. The second kappa shape index (κ2) is 9.11. The summed E-state index contributed by atoms with van der Waals surface area (Å²) in [5, 5.41) is 0.597. The smallest absolute Gasteiger partial charge is 0.313 e. The molecule has 2 aromatic carbocycles. The molecule has 1 heterocycles. The van der Waals surface area contributed by atoms with E-state index in [-0.39, 0.29) is 25.2 Å². The third kappa shape index (κ3) is 5.04. The van der Waals surface area contributed by atoms with Crippen LogP contribution in [0.2, 0.25) is 5.02 Å². The highest BCUT2D eigenvalue weighted by Crippen LogP contribution is 2.30. The molecular formula is C22H24ClNO4. The third-order valence-corrected chi connectivity index (χ3v) is 4.97. The first kappa shape index (κ1) is 20.2. The number of hydrogen-bond acceptors (Lipinski definition) is 4. The minimum absolute atomic E-state index is 0.00144. The Labute approximate surface area is 170 Å². The average molecular weight is 402 g/mol. The predicted octanol–water partition coefficient (Wildman–Crippen LogP) is 3.87. The highest BCUT2D eigenvalue weighted by molar-refractivity contribution is 6.30. The van der Waals surface area contributed by atoms with E-state index in [4.69, 9.17) is 21.1 Å². The molecule has 148 valence electrons. The van der Waals surface area contributed by atoms with Gasteiger partial charge in [-0.2, -0.15) is 0 Å². The summed E-state index contributed by atoms with van der Waals surface area (Å²) in [5.74, 6) is -0.353. The van der Waals surface area contributed by atoms with E-state index in [2.05, 4.69) is 0 Å². The Balaban J connectivity index is 1.56. The van der Waals surface area contributed by atoms with Gasteiger partial charge >= 0.3 is 5.97 Å². The Morgan fingerprint density at radius 3 is 2.68 bits per heavy atom. The largest absolute Gasteiger partial charge is 0.492 e. The summed E-state index contributed by atoms with van der Waals surface area (Å²) in [6, 6.07) is 15.1. The molecule has 28 heavy (non-hydrogen) atoms. The van der Waals surface area contributed by atoms with Crippen molar-refractivity contribution in [3.8, 4) is 5.75 Å². The number of carbonyl (C=O) groups is 2. The Hall–Kier alpha value is -2.53. The van der Waals surface area contributed by atoms with Crippen molar-refractivity contribution in [3.63, 3.8) is 0 Å². The molecule has 0 saturated heterocycles. The van der Waals surface area contributed by atoms with Gasteiger partial charge < -0.3 is 14.4 Å². The van der Waals surface area contributed by atoms with Crippen LogP contribution in [0.15, 0.2) is 48.5 Å². The molecule has 0 radical (unpaired) electrons. The fourth-order valence-electron chi connectivity index (χ4n) is 3.19. The predicted molar refractivity (Wildman–Crippen MR) is 107 cm³/mol. The van der Waals surface area contributed by atoms with E-state index < -0.39 is 11.9 Å². The van der Waals surface area contributed by atoms with Crippen LogP contribution >= 0.6 is 11.6 Å². The van der Waals surface area contributed by atoms with Crippen molar-refractivity contribution in [2.75, 3.05) is 13.2 Å². The lowest BCUT2D eigenvalue weighted by Gasteiger charge is -2.28. The summed E-state index contributed by atoms with van der Waals surface area (Å²) in [5.41, 5.74) is 1.91. The number of rotatable bonds is 6. The molecular weight excluding hydrogens is 378 g/mol. The van der Waals surface area contributed by atoms with Crippen LogP contribution in [0.4, 0.5) is 0 Å². The lowest BCUT2D eigenvalue weighted by atomic mass is 9.97. The van der Waals surface area contributed by atoms with Gasteiger partial charge in [0.2, 0.25) is 0 Å². The molecule has 1 aliphatic heterocycles. The molecule has 1 aliphatic rings. The molecule has 0 aliphatic carbocycles. The minimum atomic E-state index is -0.444. The van der Waals surface area contributed by atoms with Gasteiger partial charge in [-0.15, -0.1) is 0 Å². The highest BCUT2D eigenvalue weighted by Gasteiger charge is 2.28. The van der Waals surface area contributed by atoms with Crippen molar-refractivity contribution >= 4 is 23.5 Å². The van der Waals surface area contributed by atoms with Crippen LogP contribution < -0.4 is 4.74 Å². The Morgan fingerprint density at radius 1 is 1.21 bits per heavy atom. The molecule has 3 rings (SSSR count). The molecule has 0 N–H and O–H groups in total.